The van der Waals surface area contributed by atoms with Gasteiger partial charge in [0.2, 0.25) is 0 Å². The topological polar surface area (TPSA) is 61.4 Å². The van der Waals surface area contributed by atoms with Gasteiger partial charge in [0.15, 0.2) is 0 Å². The average molecular weight is 220 g/mol. The monoisotopic (exact) mass is 220 g/mol. The van der Waals surface area contributed by atoms with E-state index in [0.29, 0.717) is 17.3 Å². The van der Waals surface area contributed by atoms with E-state index in [9.17, 15) is 4.79 Å². The highest BCUT2D eigenvalue weighted by molar-refractivity contribution is 5.94. The van der Waals surface area contributed by atoms with E-state index in [2.05, 4.69) is 10.6 Å². The largest absolute Gasteiger partial charge is 0.478 e. The second-order valence-electron chi connectivity index (χ2n) is 4.02. The van der Waals surface area contributed by atoms with E-state index in [1.807, 2.05) is 6.07 Å². The smallest absolute Gasteiger partial charge is 0.337 e. The Morgan fingerprint density at radius 3 is 3.00 bits per heavy atom. The van der Waals surface area contributed by atoms with Gasteiger partial charge in [0.1, 0.15) is 0 Å². The zero-order chi connectivity index (χ0) is 11.4. The predicted octanol–water partition coefficient (Wildman–Crippen LogP) is 1.55. The fourth-order valence-electron chi connectivity index (χ4n) is 1.99. The van der Waals surface area contributed by atoms with Gasteiger partial charge in [-0.05, 0) is 31.5 Å². The Labute approximate surface area is 94.7 Å². The number of carboxylic acid groups (broad SMARTS) is 1. The van der Waals surface area contributed by atoms with Crippen LogP contribution in [0.2, 0.25) is 0 Å². The Morgan fingerprint density at radius 2 is 2.31 bits per heavy atom. The maximum Gasteiger partial charge on any atom is 0.337 e. The standard InChI is InChI=1S/C12H16N2O2/c15-12(16)10-5-1-2-6-11(10)14-8-9-4-3-7-13-9/h1-2,5-6,9,13-14H,3-4,7-8H2,(H,15,16). The number of hydrogen-bond donors (Lipinski definition) is 3. The van der Waals surface area contributed by atoms with Crippen LogP contribution in [0.3, 0.4) is 0 Å². The summed E-state index contributed by atoms with van der Waals surface area (Å²) in [5.74, 6) is -0.887. The van der Waals surface area contributed by atoms with Crippen LogP contribution in [0.5, 0.6) is 0 Å². The molecule has 4 nitrogen and oxygen atoms in total. The Bertz CT molecular complexity index is 373. The number of nitrogens with one attached hydrogen (secondary N) is 2. The molecule has 1 unspecified atom stereocenters. The highest BCUT2D eigenvalue weighted by atomic mass is 16.4. The highest BCUT2D eigenvalue weighted by Crippen LogP contribution is 2.15. The van der Waals surface area contributed by atoms with Crippen LogP contribution in [0.4, 0.5) is 5.69 Å². The van der Waals surface area contributed by atoms with E-state index >= 15 is 0 Å². The zero-order valence-electron chi connectivity index (χ0n) is 9.07. The zero-order valence-corrected chi connectivity index (χ0v) is 9.07. The lowest BCUT2D eigenvalue weighted by atomic mass is 10.1. The molecule has 0 aromatic heterocycles. The van der Waals surface area contributed by atoms with Crippen molar-refractivity contribution in [3.63, 3.8) is 0 Å². The molecule has 1 aliphatic heterocycles. The number of carboxylic acids is 1. The molecule has 0 saturated carbocycles. The molecule has 1 aromatic carbocycles. The Hall–Kier alpha value is -1.55. The number of rotatable bonds is 4. The summed E-state index contributed by atoms with van der Waals surface area (Å²) in [6.45, 7) is 1.84. The van der Waals surface area contributed by atoms with Crippen molar-refractivity contribution in [3.8, 4) is 0 Å². The Kier molecular flexibility index (Phi) is 3.41. The molecule has 1 aliphatic rings. The molecule has 1 aromatic rings. The van der Waals surface area contributed by atoms with E-state index in [4.69, 9.17) is 5.11 Å². The van der Waals surface area contributed by atoms with Gasteiger partial charge in [0.05, 0.1) is 5.56 Å². The number of benzene rings is 1. The molecule has 3 N–H and O–H groups in total. The molecule has 0 aliphatic carbocycles. The second-order valence-corrected chi connectivity index (χ2v) is 4.02. The first kappa shape index (κ1) is 11.0. The minimum atomic E-state index is -0.887. The summed E-state index contributed by atoms with van der Waals surface area (Å²) in [7, 11) is 0. The fraction of sp³-hybridized carbons (Fsp3) is 0.417. The van der Waals surface area contributed by atoms with Crippen molar-refractivity contribution in [2.45, 2.75) is 18.9 Å². The molecule has 1 heterocycles. The molecule has 86 valence electrons. The minimum Gasteiger partial charge on any atom is -0.478 e. The SMILES string of the molecule is O=C(O)c1ccccc1NCC1CCCN1. The second kappa shape index (κ2) is 4.99. The van der Waals surface area contributed by atoms with E-state index in [1.165, 1.54) is 6.42 Å². The van der Waals surface area contributed by atoms with Crippen molar-refractivity contribution < 1.29 is 9.90 Å². The third-order valence-electron chi connectivity index (χ3n) is 2.86. The van der Waals surface area contributed by atoms with Gasteiger partial charge in [0.25, 0.3) is 0 Å². The maximum absolute atomic E-state index is 11.0. The summed E-state index contributed by atoms with van der Waals surface area (Å²) in [4.78, 5) is 11.0. The van der Waals surface area contributed by atoms with Crippen LogP contribution in [-0.2, 0) is 0 Å². The van der Waals surface area contributed by atoms with Crippen molar-refractivity contribution in [3.05, 3.63) is 29.8 Å². The molecule has 1 fully saturated rings. The van der Waals surface area contributed by atoms with Crippen LogP contribution < -0.4 is 10.6 Å². The lowest BCUT2D eigenvalue weighted by Crippen LogP contribution is -2.29. The van der Waals surface area contributed by atoms with Crippen LogP contribution >= 0.6 is 0 Å². The maximum atomic E-state index is 11.0. The first-order valence-electron chi connectivity index (χ1n) is 5.57. The Balaban J connectivity index is 2.00. The molecule has 0 amide bonds. The molecule has 0 bridgehead atoms. The number of aromatic carboxylic acids is 1. The summed E-state index contributed by atoms with van der Waals surface area (Å²) in [5.41, 5.74) is 1.03. The van der Waals surface area contributed by atoms with Crippen LogP contribution in [0, 0.1) is 0 Å². The van der Waals surface area contributed by atoms with Gasteiger partial charge in [-0.25, -0.2) is 4.79 Å². The van der Waals surface area contributed by atoms with E-state index in [0.717, 1.165) is 19.5 Å². The molecule has 16 heavy (non-hydrogen) atoms. The van der Waals surface area contributed by atoms with Crippen molar-refractivity contribution in [2.75, 3.05) is 18.4 Å². The highest BCUT2D eigenvalue weighted by Gasteiger charge is 2.15. The van der Waals surface area contributed by atoms with Gasteiger partial charge in [0, 0.05) is 18.3 Å². The van der Waals surface area contributed by atoms with Crippen molar-refractivity contribution in [1.82, 2.24) is 5.32 Å². The lowest BCUT2D eigenvalue weighted by molar-refractivity contribution is 0.0698. The summed E-state index contributed by atoms with van der Waals surface area (Å²) < 4.78 is 0. The number of carbonyl (C=O) groups is 1. The molecular weight excluding hydrogens is 204 g/mol. The number of hydrogen-bond acceptors (Lipinski definition) is 3. The fourth-order valence-corrected chi connectivity index (χ4v) is 1.99. The van der Waals surface area contributed by atoms with Crippen LogP contribution in [0.1, 0.15) is 23.2 Å². The summed E-state index contributed by atoms with van der Waals surface area (Å²) in [5, 5.41) is 15.6. The lowest BCUT2D eigenvalue weighted by Gasteiger charge is -2.14. The molecular formula is C12H16N2O2. The first-order valence-corrected chi connectivity index (χ1v) is 5.57. The van der Waals surface area contributed by atoms with Gasteiger partial charge in [-0.3, -0.25) is 0 Å². The Morgan fingerprint density at radius 1 is 1.50 bits per heavy atom. The number of anilines is 1. The van der Waals surface area contributed by atoms with Gasteiger partial charge in [-0.2, -0.15) is 0 Å². The molecule has 4 heteroatoms. The molecule has 1 atom stereocenters. The third-order valence-corrected chi connectivity index (χ3v) is 2.86. The first-order chi connectivity index (χ1) is 7.77. The van der Waals surface area contributed by atoms with E-state index in [1.54, 1.807) is 18.2 Å². The van der Waals surface area contributed by atoms with E-state index < -0.39 is 5.97 Å². The van der Waals surface area contributed by atoms with Crippen LogP contribution in [0.25, 0.3) is 0 Å². The molecule has 1 saturated heterocycles. The van der Waals surface area contributed by atoms with Gasteiger partial charge >= 0.3 is 5.97 Å². The minimum absolute atomic E-state index is 0.334. The summed E-state index contributed by atoms with van der Waals surface area (Å²) >= 11 is 0. The van der Waals surface area contributed by atoms with Crippen molar-refractivity contribution in [1.29, 1.82) is 0 Å². The van der Waals surface area contributed by atoms with Gasteiger partial charge < -0.3 is 15.7 Å². The van der Waals surface area contributed by atoms with Crippen LogP contribution in [-0.4, -0.2) is 30.2 Å². The molecule has 0 spiro atoms. The summed E-state index contributed by atoms with van der Waals surface area (Å²) in [6, 6.07) is 7.46. The summed E-state index contributed by atoms with van der Waals surface area (Å²) in [6.07, 6.45) is 2.36. The quantitative estimate of drug-likeness (QED) is 0.720. The van der Waals surface area contributed by atoms with Gasteiger partial charge in [-0.1, -0.05) is 12.1 Å². The number of para-hydroxylation sites is 1. The van der Waals surface area contributed by atoms with E-state index in [-0.39, 0.29) is 0 Å². The van der Waals surface area contributed by atoms with Crippen LogP contribution in [0.15, 0.2) is 24.3 Å². The predicted molar refractivity (Wildman–Crippen MR) is 62.9 cm³/mol. The normalized spacial score (nSPS) is 19.6. The molecule has 2 rings (SSSR count). The van der Waals surface area contributed by atoms with Gasteiger partial charge in [-0.15, -0.1) is 0 Å². The average Bonchev–Trinajstić information content (AvgIpc) is 2.79. The van der Waals surface area contributed by atoms with Crippen molar-refractivity contribution in [2.24, 2.45) is 0 Å². The molecule has 0 radical (unpaired) electrons. The third kappa shape index (κ3) is 2.52. The van der Waals surface area contributed by atoms with Crippen molar-refractivity contribution >= 4 is 11.7 Å².